The Morgan fingerprint density at radius 3 is 2.96 bits per heavy atom. The van der Waals surface area contributed by atoms with Crippen LogP contribution < -0.4 is 0 Å². The topological polar surface area (TPSA) is 52.6 Å². The van der Waals surface area contributed by atoms with E-state index in [0.717, 1.165) is 32.1 Å². The average molecular weight is 320 g/mol. The Labute approximate surface area is 138 Å². The first-order chi connectivity index (χ1) is 10.9. The molecule has 0 aromatic rings. The minimum atomic E-state index is -0.196. The number of hydrogen-bond donors (Lipinski definition) is 0. The largest absolute Gasteiger partial charge is 0.463 e. The van der Waals surface area contributed by atoms with E-state index in [9.17, 15) is 9.59 Å². The molecular formula is C19H28O4. The lowest BCUT2D eigenvalue weighted by atomic mass is 9.79. The fraction of sp³-hybridized carbons (Fsp3) is 0.789. The fourth-order valence-corrected chi connectivity index (χ4v) is 4.85. The highest BCUT2D eigenvalue weighted by Crippen LogP contribution is 2.70. The first-order valence-electron chi connectivity index (χ1n) is 8.96. The van der Waals surface area contributed by atoms with Crippen LogP contribution in [0.5, 0.6) is 0 Å². The fourth-order valence-electron chi connectivity index (χ4n) is 4.85. The molecule has 2 saturated carbocycles. The zero-order chi connectivity index (χ0) is 16.8. The zero-order valence-corrected chi connectivity index (χ0v) is 14.5. The van der Waals surface area contributed by atoms with Gasteiger partial charge in [-0.25, -0.2) is 4.79 Å². The zero-order valence-electron chi connectivity index (χ0n) is 14.5. The Kier molecular flexibility index (Phi) is 4.28. The molecule has 2 unspecified atom stereocenters. The molecule has 0 amide bonds. The summed E-state index contributed by atoms with van der Waals surface area (Å²) in [6.45, 7) is 10.2. The van der Waals surface area contributed by atoms with E-state index >= 15 is 0 Å². The maximum Gasteiger partial charge on any atom is 0.334 e. The summed E-state index contributed by atoms with van der Waals surface area (Å²) >= 11 is 0. The lowest BCUT2D eigenvalue weighted by Gasteiger charge is -2.27. The maximum absolute atomic E-state index is 11.6. The van der Waals surface area contributed by atoms with Crippen LogP contribution in [-0.4, -0.2) is 24.1 Å². The highest BCUT2D eigenvalue weighted by molar-refractivity contribution is 5.90. The van der Waals surface area contributed by atoms with Crippen molar-refractivity contribution in [1.29, 1.82) is 0 Å². The third-order valence-corrected chi connectivity index (χ3v) is 6.31. The van der Waals surface area contributed by atoms with Crippen molar-refractivity contribution in [2.24, 2.45) is 23.2 Å². The van der Waals surface area contributed by atoms with Crippen molar-refractivity contribution in [2.75, 3.05) is 0 Å². The van der Waals surface area contributed by atoms with Gasteiger partial charge < -0.3 is 9.47 Å². The first-order valence-corrected chi connectivity index (χ1v) is 8.96. The Morgan fingerprint density at radius 1 is 1.52 bits per heavy atom. The van der Waals surface area contributed by atoms with E-state index in [1.807, 2.05) is 13.8 Å². The molecule has 0 aromatic heterocycles. The van der Waals surface area contributed by atoms with Crippen LogP contribution in [-0.2, 0) is 19.1 Å². The molecule has 0 bridgehead atoms. The summed E-state index contributed by atoms with van der Waals surface area (Å²) in [5.41, 5.74) is 0.962. The number of carbonyl (C=O) groups is 2. The van der Waals surface area contributed by atoms with Crippen LogP contribution in [0.2, 0.25) is 0 Å². The summed E-state index contributed by atoms with van der Waals surface area (Å²) in [5.74, 6) is 1.26. The number of esters is 2. The molecule has 0 N–H and O–H groups in total. The molecule has 6 atom stereocenters. The molecule has 1 aliphatic heterocycles. The summed E-state index contributed by atoms with van der Waals surface area (Å²) in [6, 6.07) is 0. The summed E-state index contributed by atoms with van der Waals surface area (Å²) in [7, 11) is 0. The van der Waals surface area contributed by atoms with E-state index in [4.69, 9.17) is 9.47 Å². The normalized spacial score (nSPS) is 39.3. The van der Waals surface area contributed by atoms with Crippen LogP contribution in [0.25, 0.3) is 0 Å². The van der Waals surface area contributed by atoms with Crippen LogP contribution in [0.3, 0.4) is 0 Å². The van der Waals surface area contributed by atoms with E-state index in [2.05, 4.69) is 13.5 Å². The number of hydrogen-bond acceptors (Lipinski definition) is 4. The molecule has 0 aromatic carbocycles. The van der Waals surface area contributed by atoms with Crippen molar-refractivity contribution in [3.8, 4) is 0 Å². The summed E-state index contributed by atoms with van der Waals surface area (Å²) in [5, 5.41) is 0. The van der Waals surface area contributed by atoms with E-state index in [0.29, 0.717) is 29.2 Å². The van der Waals surface area contributed by atoms with Gasteiger partial charge in [0.05, 0.1) is 6.10 Å². The van der Waals surface area contributed by atoms with Gasteiger partial charge in [-0.15, -0.1) is 0 Å². The average Bonchev–Trinajstić information content (AvgIpc) is 2.95. The maximum atomic E-state index is 11.6. The molecule has 3 fully saturated rings. The summed E-state index contributed by atoms with van der Waals surface area (Å²) in [6.07, 6.45) is 5.37. The monoisotopic (exact) mass is 320 g/mol. The predicted octanol–water partition coefficient (Wildman–Crippen LogP) is 3.64. The Hall–Kier alpha value is -1.32. The van der Waals surface area contributed by atoms with Crippen LogP contribution in [0.1, 0.15) is 59.3 Å². The molecule has 4 nitrogen and oxygen atoms in total. The minimum Gasteiger partial charge on any atom is -0.463 e. The van der Waals surface area contributed by atoms with Crippen LogP contribution in [0, 0.1) is 23.2 Å². The molecule has 0 radical (unpaired) electrons. The van der Waals surface area contributed by atoms with Gasteiger partial charge >= 0.3 is 11.9 Å². The summed E-state index contributed by atoms with van der Waals surface area (Å²) in [4.78, 5) is 23.2. The Balaban J connectivity index is 1.50. The molecule has 0 spiro atoms. The van der Waals surface area contributed by atoms with Crippen LogP contribution >= 0.6 is 0 Å². The molecule has 128 valence electrons. The molecule has 3 aliphatic rings. The van der Waals surface area contributed by atoms with E-state index in [1.54, 1.807) is 0 Å². The smallest absolute Gasteiger partial charge is 0.334 e. The molecule has 2 aliphatic carbocycles. The second-order valence-corrected chi connectivity index (χ2v) is 7.86. The van der Waals surface area contributed by atoms with E-state index in [-0.39, 0.29) is 30.1 Å². The second kappa shape index (κ2) is 5.95. The SMILES string of the molecule is C=C1C(=O)O[C@@H]2C[C@]3(C)C(CCC(C)OC(=O)CCC)[C@@H]3C[C@H]12. The van der Waals surface area contributed by atoms with E-state index < -0.39 is 0 Å². The molecular weight excluding hydrogens is 292 g/mol. The third kappa shape index (κ3) is 2.92. The van der Waals surface area contributed by atoms with Gasteiger partial charge in [0.2, 0.25) is 0 Å². The molecule has 3 rings (SSSR count). The number of fused-ring (bicyclic) bond motifs is 2. The van der Waals surface area contributed by atoms with E-state index in [1.165, 1.54) is 0 Å². The summed E-state index contributed by atoms with van der Waals surface area (Å²) < 4.78 is 10.9. The van der Waals surface area contributed by atoms with Gasteiger partial charge in [-0.3, -0.25) is 4.79 Å². The van der Waals surface area contributed by atoms with Gasteiger partial charge in [0, 0.05) is 17.9 Å². The van der Waals surface area contributed by atoms with Gasteiger partial charge in [0.1, 0.15) is 6.10 Å². The standard InChI is InChI=1S/C19H28O4/c1-5-6-17(20)22-11(2)7-8-14-15-9-13-12(3)18(21)23-16(13)10-19(14,15)4/h11,13-16H,3,5-10H2,1-2,4H3/t11?,13-,14?,15+,16-,19-/m1/s1. The van der Waals surface area contributed by atoms with Crippen LogP contribution in [0.15, 0.2) is 12.2 Å². The van der Waals surface area contributed by atoms with Gasteiger partial charge in [-0.1, -0.05) is 20.4 Å². The van der Waals surface area contributed by atoms with Crippen molar-refractivity contribution in [3.05, 3.63) is 12.2 Å². The van der Waals surface area contributed by atoms with Gasteiger partial charge in [-0.2, -0.15) is 0 Å². The number of carbonyl (C=O) groups excluding carboxylic acids is 2. The molecule has 23 heavy (non-hydrogen) atoms. The van der Waals surface area contributed by atoms with Gasteiger partial charge in [-0.05, 0) is 56.3 Å². The highest BCUT2D eigenvalue weighted by atomic mass is 16.6. The number of rotatable bonds is 6. The second-order valence-electron chi connectivity index (χ2n) is 7.86. The van der Waals surface area contributed by atoms with Gasteiger partial charge in [0.25, 0.3) is 0 Å². The lowest BCUT2D eigenvalue weighted by molar-refractivity contribution is -0.148. The van der Waals surface area contributed by atoms with Gasteiger partial charge in [0.15, 0.2) is 0 Å². The predicted molar refractivity (Wildman–Crippen MR) is 86.5 cm³/mol. The van der Waals surface area contributed by atoms with Crippen molar-refractivity contribution in [3.63, 3.8) is 0 Å². The molecule has 1 saturated heterocycles. The number of ether oxygens (including phenoxy) is 2. The van der Waals surface area contributed by atoms with Crippen molar-refractivity contribution in [2.45, 2.75) is 71.5 Å². The lowest BCUT2D eigenvalue weighted by Crippen LogP contribution is -2.26. The van der Waals surface area contributed by atoms with Crippen LogP contribution in [0.4, 0.5) is 0 Å². The first kappa shape index (κ1) is 16.5. The third-order valence-electron chi connectivity index (χ3n) is 6.31. The minimum absolute atomic E-state index is 0.00686. The highest BCUT2D eigenvalue weighted by Gasteiger charge is 2.66. The van der Waals surface area contributed by atoms with Crippen molar-refractivity contribution in [1.82, 2.24) is 0 Å². The quantitative estimate of drug-likeness (QED) is 0.554. The van der Waals surface area contributed by atoms with Crippen molar-refractivity contribution >= 4 is 11.9 Å². The Bertz CT molecular complexity index is 525. The molecule has 4 heteroatoms. The molecule has 1 heterocycles. The van der Waals surface area contributed by atoms with Crippen molar-refractivity contribution < 1.29 is 19.1 Å². The Morgan fingerprint density at radius 2 is 2.26 bits per heavy atom.